The molecular formula is C17H17N5O4. The molecule has 134 valence electrons. The van der Waals surface area contributed by atoms with E-state index in [9.17, 15) is 14.7 Å². The van der Waals surface area contributed by atoms with Crippen LogP contribution in [0.15, 0.2) is 18.3 Å². The van der Waals surface area contributed by atoms with Gasteiger partial charge in [0.25, 0.3) is 5.91 Å². The number of aromatic nitrogens is 3. The summed E-state index contributed by atoms with van der Waals surface area (Å²) in [5.41, 5.74) is 13.7. The van der Waals surface area contributed by atoms with Crippen LogP contribution in [-0.2, 0) is 4.74 Å². The monoisotopic (exact) mass is 355 g/mol. The molecule has 9 heteroatoms. The van der Waals surface area contributed by atoms with Crippen LogP contribution in [0.1, 0.15) is 32.0 Å². The number of rotatable bonds is 3. The van der Waals surface area contributed by atoms with Crippen molar-refractivity contribution in [1.82, 2.24) is 14.5 Å². The molecule has 1 aromatic carbocycles. The highest BCUT2D eigenvalue weighted by molar-refractivity contribution is 6.10. The molecule has 5 N–H and O–H groups in total. The van der Waals surface area contributed by atoms with Crippen LogP contribution in [0.5, 0.6) is 5.75 Å². The summed E-state index contributed by atoms with van der Waals surface area (Å²) in [7, 11) is 1.21. The first-order valence-electron chi connectivity index (χ1n) is 7.62. The summed E-state index contributed by atoms with van der Waals surface area (Å²) in [5, 5.41) is 10.1. The van der Waals surface area contributed by atoms with Crippen LogP contribution < -0.4 is 11.5 Å². The van der Waals surface area contributed by atoms with Gasteiger partial charge in [-0.15, -0.1) is 0 Å². The molecule has 26 heavy (non-hydrogen) atoms. The summed E-state index contributed by atoms with van der Waals surface area (Å²) < 4.78 is 6.13. The largest absolute Gasteiger partial charge is 0.508 e. The number of primary amides is 1. The van der Waals surface area contributed by atoms with Crippen molar-refractivity contribution in [2.45, 2.75) is 13.8 Å². The Morgan fingerprint density at radius 3 is 2.58 bits per heavy atom. The second-order valence-corrected chi connectivity index (χ2v) is 5.75. The van der Waals surface area contributed by atoms with E-state index in [-0.39, 0.29) is 34.0 Å². The van der Waals surface area contributed by atoms with Crippen molar-refractivity contribution in [1.29, 1.82) is 0 Å². The number of aryl methyl sites for hydroxylation is 1. The lowest BCUT2D eigenvalue weighted by Crippen LogP contribution is -2.14. The lowest BCUT2D eigenvalue weighted by molar-refractivity contribution is 0.0593. The molecule has 1 amide bonds. The molecule has 0 unspecified atom stereocenters. The van der Waals surface area contributed by atoms with Gasteiger partial charge in [0.1, 0.15) is 22.6 Å². The zero-order valence-corrected chi connectivity index (χ0v) is 14.4. The predicted octanol–water partition coefficient (Wildman–Crippen LogP) is 1.21. The van der Waals surface area contributed by atoms with E-state index in [4.69, 9.17) is 11.5 Å². The van der Waals surface area contributed by atoms with Crippen molar-refractivity contribution >= 4 is 28.9 Å². The number of anilines is 1. The molecule has 0 bridgehead atoms. The minimum absolute atomic E-state index is 0.0197. The fraction of sp³-hybridized carbons (Fsp3) is 0.176. The summed E-state index contributed by atoms with van der Waals surface area (Å²) in [5.74, 6) is -1.43. The maximum atomic E-state index is 12.0. The van der Waals surface area contributed by atoms with Gasteiger partial charge in [0.15, 0.2) is 11.3 Å². The van der Waals surface area contributed by atoms with Crippen molar-refractivity contribution in [2.24, 2.45) is 5.73 Å². The average molecular weight is 355 g/mol. The number of methoxy groups -OCH3 is 1. The smallest absolute Gasteiger partial charge is 0.358 e. The van der Waals surface area contributed by atoms with E-state index in [2.05, 4.69) is 14.7 Å². The topological polar surface area (TPSA) is 146 Å². The SMILES string of the molecule is COC(=O)c1cnc2c(n1)c(C(N)=O)c(N)n2-c1c(C)ccc(O)c1C. The molecule has 0 radical (unpaired) electrons. The number of nitrogens with zero attached hydrogens (tertiary/aromatic N) is 3. The van der Waals surface area contributed by atoms with Crippen LogP contribution in [0.25, 0.3) is 16.9 Å². The van der Waals surface area contributed by atoms with Gasteiger partial charge in [0.05, 0.1) is 19.0 Å². The van der Waals surface area contributed by atoms with E-state index in [1.54, 1.807) is 19.1 Å². The first kappa shape index (κ1) is 17.2. The number of carbonyl (C=O) groups is 2. The summed E-state index contributed by atoms with van der Waals surface area (Å²) in [6, 6.07) is 3.27. The Hall–Kier alpha value is -3.62. The Bertz CT molecular complexity index is 1070. The van der Waals surface area contributed by atoms with Crippen LogP contribution in [0.3, 0.4) is 0 Å². The number of esters is 1. The van der Waals surface area contributed by atoms with Crippen LogP contribution >= 0.6 is 0 Å². The lowest BCUT2D eigenvalue weighted by Gasteiger charge is -2.15. The quantitative estimate of drug-likeness (QED) is 0.598. The number of phenolic OH excluding ortho intramolecular Hbond substituents is 1. The standard InChI is InChI=1S/C17H17N5O4/c1-7-4-5-10(23)8(2)13(7)22-14(18)11(15(19)24)12-16(22)20-6-9(21-12)17(25)26-3/h4-6,23H,18H2,1-3H3,(H2,19,24). The number of carbonyl (C=O) groups excluding carboxylic acids is 2. The Morgan fingerprint density at radius 1 is 1.27 bits per heavy atom. The molecule has 0 saturated heterocycles. The maximum absolute atomic E-state index is 12.0. The number of nitrogens with two attached hydrogens (primary N) is 2. The number of fused-ring (bicyclic) bond motifs is 1. The van der Waals surface area contributed by atoms with Crippen LogP contribution in [-0.4, -0.2) is 38.6 Å². The fourth-order valence-corrected chi connectivity index (χ4v) is 2.90. The Morgan fingerprint density at radius 2 is 1.96 bits per heavy atom. The maximum Gasteiger partial charge on any atom is 0.358 e. The Labute approximate surface area is 148 Å². The molecule has 2 heterocycles. The highest BCUT2D eigenvalue weighted by atomic mass is 16.5. The van der Waals surface area contributed by atoms with Crippen molar-refractivity contribution in [3.63, 3.8) is 0 Å². The number of phenols is 1. The number of ether oxygens (including phenoxy) is 1. The van der Waals surface area contributed by atoms with E-state index >= 15 is 0 Å². The van der Waals surface area contributed by atoms with Gasteiger partial charge in [-0.05, 0) is 25.5 Å². The van der Waals surface area contributed by atoms with Gasteiger partial charge >= 0.3 is 5.97 Å². The number of nitrogen functional groups attached to an aromatic ring is 1. The molecular weight excluding hydrogens is 338 g/mol. The summed E-state index contributed by atoms with van der Waals surface area (Å²) in [4.78, 5) is 32.1. The van der Waals surface area contributed by atoms with Crippen LogP contribution in [0, 0.1) is 13.8 Å². The zero-order valence-electron chi connectivity index (χ0n) is 14.4. The van der Waals surface area contributed by atoms with Crippen molar-refractivity contribution < 1.29 is 19.4 Å². The first-order chi connectivity index (χ1) is 12.3. The second kappa shape index (κ2) is 6.03. The van der Waals surface area contributed by atoms with Crippen molar-refractivity contribution in [3.05, 3.63) is 40.7 Å². The van der Waals surface area contributed by atoms with Gasteiger partial charge in [0.2, 0.25) is 0 Å². The molecule has 3 rings (SSSR count). The van der Waals surface area contributed by atoms with E-state index < -0.39 is 11.9 Å². The summed E-state index contributed by atoms with van der Waals surface area (Å²) in [6.07, 6.45) is 1.22. The van der Waals surface area contributed by atoms with E-state index in [0.717, 1.165) is 5.56 Å². The number of aromatic hydroxyl groups is 1. The molecule has 3 aromatic rings. The molecule has 9 nitrogen and oxygen atoms in total. The Kier molecular flexibility index (Phi) is 3.99. The zero-order chi connectivity index (χ0) is 19.2. The molecule has 0 saturated carbocycles. The number of amides is 1. The van der Waals surface area contributed by atoms with Gasteiger partial charge in [-0.1, -0.05) is 6.07 Å². The fourth-order valence-electron chi connectivity index (χ4n) is 2.90. The van der Waals surface area contributed by atoms with Gasteiger partial charge < -0.3 is 21.3 Å². The molecule has 0 atom stereocenters. The van der Waals surface area contributed by atoms with Crippen molar-refractivity contribution in [3.8, 4) is 11.4 Å². The Balaban J connectivity index is 2.45. The first-order valence-corrected chi connectivity index (χ1v) is 7.62. The third-order valence-electron chi connectivity index (χ3n) is 4.17. The molecule has 0 aliphatic heterocycles. The minimum Gasteiger partial charge on any atom is -0.508 e. The lowest BCUT2D eigenvalue weighted by atomic mass is 10.1. The predicted molar refractivity (Wildman–Crippen MR) is 94.3 cm³/mol. The van der Waals surface area contributed by atoms with E-state index in [1.165, 1.54) is 17.9 Å². The summed E-state index contributed by atoms with van der Waals surface area (Å²) >= 11 is 0. The molecule has 0 fully saturated rings. The van der Waals surface area contributed by atoms with Gasteiger partial charge in [-0.25, -0.2) is 14.8 Å². The van der Waals surface area contributed by atoms with Crippen LogP contribution in [0.2, 0.25) is 0 Å². The molecule has 0 aliphatic carbocycles. The van der Waals surface area contributed by atoms with E-state index in [0.29, 0.717) is 11.3 Å². The van der Waals surface area contributed by atoms with Gasteiger partial charge in [0, 0.05) is 5.56 Å². The highest BCUT2D eigenvalue weighted by Gasteiger charge is 2.26. The second-order valence-electron chi connectivity index (χ2n) is 5.75. The third-order valence-corrected chi connectivity index (χ3v) is 4.17. The van der Waals surface area contributed by atoms with E-state index in [1.807, 2.05) is 6.92 Å². The average Bonchev–Trinajstić information content (AvgIpc) is 2.89. The third kappa shape index (κ3) is 2.41. The normalized spacial score (nSPS) is 10.9. The molecule has 2 aromatic heterocycles. The number of hydrogen-bond donors (Lipinski definition) is 3. The molecule has 0 aliphatic rings. The van der Waals surface area contributed by atoms with Gasteiger partial charge in [-0.3, -0.25) is 9.36 Å². The molecule has 0 spiro atoms. The van der Waals surface area contributed by atoms with Crippen LogP contribution in [0.4, 0.5) is 5.82 Å². The highest BCUT2D eigenvalue weighted by Crippen LogP contribution is 2.34. The minimum atomic E-state index is -0.807. The van der Waals surface area contributed by atoms with Gasteiger partial charge in [-0.2, -0.15) is 0 Å². The number of hydrogen-bond acceptors (Lipinski definition) is 7. The summed E-state index contributed by atoms with van der Waals surface area (Å²) in [6.45, 7) is 3.54. The number of benzene rings is 1. The van der Waals surface area contributed by atoms with Crippen molar-refractivity contribution in [2.75, 3.05) is 12.8 Å².